The van der Waals surface area contributed by atoms with Gasteiger partial charge in [-0.05, 0) is 43.1 Å². The normalized spacial score (nSPS) is 17.2. The molecule has 6 nitrogen and oxygen atoms in total. The van der Waals surface area contributed by atoms with E-state index in [9.17, 15) is 4.79 Å². The van der Waals surface area contributed by atoms with Crippen LogP contribution in [0, 0.1) is 0 Å². The van der Waals surface area contributed by atoms with Crippen molar-refractivity contribution in [2.75, 3.05) is 13.6 Å². The van der Waals surface area contributed by atoms with Gasteiger partial charge in [0.05, 0.1) is 11.6 Å². The first-order chi connectivity index (χ1) is 12.7. The first-order valence-corrected chi connectivity index (χ1v) is 9.05. The predicted molar refractivity (Wildman–Crippen MR) is 101 cm³/mol. The fourth-order valence-corrected chi connectivity index (χ4v) is 3.59. The van der Waals surface area contributed by atoms with Crippen LogP contribution in [-0.2, 0) is 24.3 Å². The maximum atomic E-state index is 12.6. The number of nitrogens with zero attached hydrogens (tertiary/aromatic N) is 4. The molecule has 26 heavy (non-hydrogen) atoms. The number of likely N-dealkylation sites (N-methyl/N-ethyl adjacent to an activating group) is 1. The highest BCUT2D eigenvalue weighted by atomic mass is 16.2. The van der Waals surface area contributed by atoms with Crippen LogP contribution in [0.3, 0.4) is 0 Å². The van der Waals surface area contributed by atoms with Crippen molar-refractivity contribution >= 4 is 16.9 Å². The van der Waals surface area contributed by atoms with E-state index in [-0.39, 0.29) is 11.9 Å². The molecule has 4 rings (SSSR count). The average Bonchev–Trinajstić information content (AvgIpc) is 3.07. The zero-order valence-electron chi connectivity index (χ0n) is 14.9. The molecule has 0 saturated carbocycles. The number of para-hydroxylation sites is 1. The molecule has 1 aliphatic rings. The zero-order valence-corrected chi connectivity index (χ0v) is 14.9. The van der Waals surface area contributed by atoms with Gasteiger partial charge in [-0.15, -0.1) is 5.10 Å². The first-order valence-electron chi connectivity index (χ1n) is 9.05. The van der Waals surface area contributed by atoms with Crippen molar-refractivity contribution in [1.82, 2.24) is 25.2 Å². The minimum Gasteiger partial charge on any atom is -0.355 e. The van der Waals surface area contributed by atoms with E-state index in [2.05, 4.69) is 38.7 Å². The van der Waals surface area contributed by atoms with Crippen LogP contribution in [0.15, 0.2) is 48.5 Å². The molecule has 1 amide bonds. The summed E-state index contributed by atoms with van der Waals surface area (Å²) in [6.07, 6.45) is 1.60. The van der Waals surface area contributed by atoms with E-state index in [0.717, 1.165) is 37.0 Å². The summed E-state index contributed by atoms with van der Waals surface area (Å²) in [5.41, 5.74) is 4.53. The van der Waals surface area contributed by atoms with E-state index in [1.54, 1.807) is 0 Å². The van der Waals surface area contributed by atoms with Crippen LogP contribution in [-0.4, -0.2) is 45.4 Å². The van der Waals surface area contributed by atoms with Crippen molar-refractivity contribution < 1.29 is 4.79 Å². The number of hydrogen-bond donors (Lipinski definition) is 1. The Morgan fingerprint density at radius 3 is 2.81 bits per heavy atom. The van der Waals surface area contributed by atoms with Crippen LogP contribution in [0.4, 0.5) is 0 Å². The molecule has 0 unspecified atom stereocenters. The van der Waals surface area contributed by atoms with Crippen LogP contribution in [0.2, 0.25) is 0 Å². The average molecular weight is 349 g/mol. The Morgan fingerprint density at radius 2 is 1.92 bits per heavy atom. The number of nitrogens with one attached hydrogen (secondary N) is 1. The van der Waals surface area contributed by atoms with E-state index in [1.165, 1.54) is 11.1 Å². The summed E-state index contributed by atoms with van der Waals surface area (Å²) in [5.74, 6) is 0.102. The predicted octanol–water partition coefficient (Wildman–Crippen LogP) is 1.99. The van der Waals surface area contributed by atoms with Crippen molar-refractivity contribution in [2.45, 2.75) is 32.0 Å². The molecule has 0 fully saturated rings. The topological polar surface area (TPSA) is 63.1 Å². The molecule has 0 bridgehead atoms. The smallest absolute Gasteiger partial charge is 0.237 e. The molecule has 0 saturated heterocycles. The Balaban J connectivity index is 1.30. The third kappa shape index (κ3) is 3.32. The molecule has 2 heterocycles. The highest BCUT2D eigenvalue weighted by Gasteiger charge is 2.28. The summed E-state index contributed by atoms with van der Waals surface area (Å²) < 4.78 is 1.89. The van der Waals surface area contributed by atoms with Gasteiger partial charge in [0.1, 0.15) is 5.52 Å². The van der Waals surface area contributed by atoms with E-state index >= 15 is 0 Å². The van der Waals surface area contributed by atoms with Gasteiger partial charge < -0.3 is 5.32 Å². The van der Waals surface area contributed by atoms with Crippen molar-refractivity contribution in [1.29, 1.82) is 0 Å². The molecule has 1 atom stereocenters. The van der Waals surface area contributed by atoms with Gasteiger partial charge in [0.25, 0.3) is 0 Å². The Morgan fingerprint density at radius 1 is 1.15 bits per heavy atom. The highest BCUT2D eigenvalue weighted by Crippen LogP contribution is 2.21. The molecular formula is C20H23N5O. The molecule has 1 aliphatic heterocycles. The number of aromatic nitrogens is 3. The second-order valence-corrected chi connectivity index (χ2v) is 6.85. The van der Waals surface area contributed by atoms with Gasteiger partial charge in [0, 0.05) is 19.6 Å². The molecule has 134 valence electrons. The first kappa shape index (κ1) is 16.7. The van der Waals surface area contributed by atoms with E-state index in [4.69, 9.17) is 0 Å². The van der Waals surface area contributed by atoms with Crippen molar-refractivity contribution in [3.8, 4) is 0 Å². The fraction of sp³-hybridized carbons (Fsp3) is 0.350. The lowest BCUT2D eigenvalue weighted by Crippen LogP contribution is -2.48. The second-order valence-electron chi connectivity index (χ2n) is 6.85. The molecule has 0 spiro atoms. The van der Waals surface area contributed by atoms with Crippen molar-refractivity contribution in [3.63, 3.8) is 0 Å². The SMILES string of the molecule is CN1Cc2ccccc2C[C@@H]1C(=O)NCCCn1nnc2ccccc21. The van der Waals surface area contributed by atoms with E-state index in [1.807, 2.05) is 42.1 Å². The number of aryl methyl sites for hydroxylation is 1. The molecule has 1 N–H and O–H groups in total. The van der Waals surface area contributed by atoms with Gasteiger partial charge in [0.15, 0.2) is 0 Å². The quantitative estimate of drug-likeness (QED) is 0.716. The largest absolute Gasteiger partial charge is 0.355 e. The third-order valence-electron chi connectivity index (χ3n) is 5.05. The molecule has 0 aliphatic carbocycles. The summed E-state index contributed by atoms with van der Waals surface area (Å²) in [4.78, 5) is 14.7. The lowest BCUT2D eigenvalue weighted by Gasteiger charge is -2.33. The minimum absolute atomic E-state index is 0.0999. The summed E-state index contributed by atoms with van der Waals surface area (Å²) >= 11 is 0. The van der Waals surface area contributed by atoms with Crippen molar-refractivity contribution in [2.24, 2.45) is 0 Å². The van der Waals surface area contributed by atoms with E-state index < -0.39 is 0 Å². The Hall–Kier alpha value is -2.73. The van der Waals surface area contributed by atoms with Crippen LogP contribution in [0.5, 0.6) is 0 Å². The molecule has 3 aromatic rings. The number of benzene rings is 2. The summed E-state index contributed by atoms with van der Waals surface area (Å²) in [6.45, 7) is 2.20. The van der Waals surface area contributed by atoms with Gasteiger partial charge in [-0.2, -0.15) is 0 Å². The molecule has 2 aromatic carbocycles. The standard InChI is InChI=1S/C20H23N5O/c1-24-14-16-8-3-2-7-15(16)13-19(24)20(26)21-11-6-12-25-18-10-5-4-9-17(18)22-23-25/h2-5,7-10,19H,6,11-14H2,1H3,(H,21,26)/t19-/m1/s1. The molecular weight excluding hydrogens is 326 g/mol. The Bertz CT molecular complexity index is 919. The lowest BCUT2D eigenvalue weighted by molar-refractivity contribution is -0.126. The highest BCUT2D eigenvalue weighted by molar-refractivity contribution is 5.82. The number of carbonyl (C=O) groups excluding carboxylic acids is 1. The lowest BCUT2D eigenvalue weighted by atomic mass is 9.94. The number of hydrogen-bond acceptors (Lipinski definition) is 4. The number of carbonyl (C=O) groups is 1. The second kappa shape index (κ2) is 7.25. The summed E-state index contributed by atoms with van der Waals surface area (Å²) in [5, 5.41) is 11.4. The minimum atomic E-state index is -0.0999. The van der Waals surface area contributed by atoms with Crippen LogP contribution >= 0.6 is 0 Å². The van der Waals surface area contributed by atoms with Gasteiger partial charge in [-0.3, -0.25) is 9.69 Å². The summed E-state index contributed by atoms with van der Waals surface area (Å²) in [7, 11) is 2.02. The molecule has 0 radical (unpaired) electrons. The number of fused-ring (bicyclic) bond motifs is 2. The van der Waals surface area contributed by atoms with Gasteiger partial charge in [-0.25, -0.2) is 4.68 Å². The fourth-order valence-electron chi connectivity index (χ4n) is 3.59. The monoisotopic (exact) mass is 349 g/mol. The number of rotatable bonds is 5. The summed E-state index contributed by atoms with van der Waals surface area (Å²) in [6, 6.07) is 16.2. The Kier molecular flexibility index (Phi) is 4.67. The van der Waals surface area contributed by atoms with Gasteiger partial charge >= 0.3 is 0 Å². The van der Waals surface area contributed by atoms with Gasteiger partial charge in [-0.1, -0.05) is 41.6 Å². The number of amides is 1. The van der Waals surface area contributed by atoms with Crippen LogP contribution in [0.1, 0.15) is 17.5 Å². The Labute approximate surface area is 152 Å². The third-order valence-corrected chi connectivity index (χ3v) is 5.05. The molecule has 1 aromatic heterocycles. The van der Waals surface area contributed by atoms with Crippen LogP contribution in [0.25, 0.3) is 11.0 Å². The maximum Gasteiger partial charge on any atom is 0.237 e. The zero-order chi connectivity index (χ0) is 17.9. The maximum absolute atomic E-state index is 12.6. The van der Waals surface area contributed by atoms with Crippen LogP contribution < -0.4 is 5.32 Å². The van der Waals surface area contributed by atoms with E-state index in [0.29, 0.717) is 6.54 Å². The van der Waals surface area contributed by atoms with Gasteiger partial charge in [0.2, 0.25) is 5.91 Å². The van der Waals surface area contributed by atoms with Crippen molar-refractivity contribution in [3.05, 3.63) is 59.7 Å². The molecule has 6 heteroatoms.